The Bertz CT molecular complexity index is 1290. The first-order valence-corrected chi connectivity index (χ1v) is 14.8. The summed E-state index contributed by atoms with van der Waals surface area (Å²) >= 11 is 1.27. The molecule has 3 rings (SSSR count). The molecule has 12 nitrogen and oxygen atoms in total. The number of nitrogens with one attached hydrogen (secondary N) is 1. The number of carbonyl (C=O) groups excluding carboxylic acids is 3. The number of thioether (sulfide) groups is 1. The van der Waals surface area contributed by atoms with Gasteiger partial charge in [0, 0.05) is 45.1 Å². The van der Waals surface area contributed by atoms with Gasteiger partial charge in [0.25, 0.3) is 15.9 Å². The number of rotatable bonds is 10. The van der Waals surface area contributed by atoms with E-state index in [4.69, 9.17) is 9.47 Å². The van der Waals surface area contributed by atoms with E-state index in [0.717, 1.165) is 6.20 Å². The van der Waals surface area contributed by atoms with Gasteiger partial charge in [-0.3, -0.25) is 14.8 Å². The Hall–Kier alpha value is -3.10. The van der Waals surface area contributed by atoms with Gasteiger partial charge in [-0.05, 0) is 38.0 Å². The highest BCUT2D eigenvalue weighted by Gasteiger charge is 2.46. The Balaban J connectivity index is 2.03. The Kier molecular flexibility index (Phi) is 9.67. The van der Waals surface area contributed by atoms with E-state index in [1.807, 2.05) is 20.8 Å². The van der Waals surface area contributed by atoms with Gasteiger partial charge in [-0.1, -0.05) is 19.1 Å². The molecular weight excluding hydrogens is 546 g/mol. The zero-order chi connectivity index (χ0) is 29.0. The maximum Gasteiger partial charge on any atom is 0.414 e. The van der Waals surface area contributed by atoms with Crippen LogP contribution in [0.5, 0.6) is 5.75 Å². The lowest BCUT2D eigenvalue weighted by atomic mass is 10.1. The number of hydrogen-bond donors (Lipinski definition) is 1. The minimum atomic E-state index is -4.51. The molecule has 0 radical (unpaired) electrons. The average Bonchev–Trinajstić information content (AvgIpc) is 3.48. The van der Waals surface area contributed by atoms with Crippen LogP contribution in [0.4, 0.5) is 4.79 Å². The molecule has 0 bridgehead atoms. The van der Waals surface area contributed by atoms with Crippen molar-refractivity contribution in [2.75, 3.05) is 26.5 Å². The molecule has 1 aromatic heterocycles. The van der Waals surface area contributed by atoms with E-state index in [9.17, 15) is 22.8 Å². The molecule has 1 N–H and O–H groups in total. The summed E-state index contributed by atoms with van der Waals surface area (Å²) in [5, 5.41) is 6.21. The predicted octanol–water partition coefficient (Wildman–Crippen LogP) is 2.00. The monoisotopic (exact) mass is 581 g/mol. The highest BCUT2D eigenvalue weighted by molar-refractivity contribution is 8.01. The molecule has 2 atom stereocenters. The molecule has 2 aromatic rings. The summed E-state index contributed by atoms with van der Waals surface area (Å²) < 4.78 is 40.4. The minimum absolute atomic E-state index is 0.0627. The third kappa shape index (κ3) is 7.51. The molecule has 1 aliphatic heterocycles. The Morgan fingerprint density at radius 1 is 1.23 bits per heavy atom. The van der Waals surface area contributed by atoms with Crippen LogP contribution < -0.4 is 10.1 Å². The van der Waals surface area contributed by atoms with Gasteiger partial charge in [-0.15, -0.1) is 11.8 Å². The third-order valence-corrected chi connectivity index (χ3v) is 9.04. The van der Waals surface area contributed by atoms with Crippen LogP contribution in [-0.2, 0) is 37.8 Å². The fraction of sp³-hybridized carbons (Fsp3) is 0.520. The molecule has 14 heteroatoms. The molecule has 2 heterocycles. The first kappa shape index (κ1) is 30.4. The van der Waals surface area contributed by atoms with Crippen molar-refractivity contribution in [2.24, 2.45) is 7.05 Å². The first-order valence-electron chi connectivity index (χ1n) is 12.4. The molecule has 0 spiro atoms. The van der Waals surface area contributed by atoms with E-state index in [2.05, 4.69) is 10.4 Å². The number of esters is 1. The fourth-order valence-corrected chi connectivity index (χ4v) is 6.66. The van der Waals surface area contributed by atoms with Gasteiger partial charge in [0.05, 0.1) is 12.8 Å². The largest absolute Gasteiger partial charge is 0.464 e. The number of amides is 2. The van der Waals surface area contributed by atoms with E-state index < -0.39 is 44.9 Å². The normalized spacial score (nSPS) is 17.3. The molecule has 0 aliphatic carbocycles. The van der Waals surface area contributed by atoms with Crippen LogP contribution in [-0.4, -0.2) is 88.8 Å². The molecular formula is C25H35N5O7S2. The van der Waals surface area contributed by atoms with Gasteiger partial charge >= 0.3 is 12.1 Å². The highest BCUT2D eigenvalue weighted by atomic mass is 32.2. The van der Waals surface area contributed by atoms with Gasteiger partial charge in [0.1, 0.15) is 22.1 Å². The molecule has 1 aliphatic rings. The molecule has 0 unspecified atom stereocenters. The summed E-state index contributed by atoms with van der Waals surface area (Å²) in [4.78, 5) is 40.2. The van der Waals surface area contributed by atoms with Gasteiger partial charge < -0.3 is 14.4 Å². The van der Waals surface area contributed by atoms with Crippen molar-refractivity contribution in [1.82, 2.24) is 24.3 Å². The van der Waals surface area contributed by atoms with E-state index in [1.54, 1.807) is 33.3 Å². The maximum absolute atomic E-state index is 13.9. The number of ether oxygens (including phenoxy) is 2. The first-order chi connectivity index (χ1) is 18.2. The molecule has 2 amide bonds. The Morgan fingerprint density at radius 2 is 1.90 bits per heavy atom. The number of sulfonamides is 1. The smallest absolute Gasteiger partial charge is 0.414 e. The lowest BCUT2D eigenvalue weighted by Gasteiger charge is -2.31. The standard InChI is InChI=1S/C25H35N5O7S2/c1-7-12-36-23(32)20(13-17-8-10-18(11-9-17)37-24(33)28(4)5)30(22(31)21-27-25(2,3)16-38-21)39(34,35)19-14-26-29(6)15-19/h8-11,14-15,20-21,27H,7,12-13,16H2,1-6H3/t20-,21-/m0/s1. The Labute approximate surface area is 233 Å². The van der Waals surface area contributed by atoms with Crippen LogP contribution in [0.3, 0.4) is 0 Å². The lowest BCUT2D eigenvalue weighted by molar-refractivity contribution is -0.151. The zero-order valence-corrected chi connectivity index (χ0v) is 24.5. The minimum Gasteiger partial charge on any atom is -0.464 e. The SMILES string of the molecule is CCCOC(=O)[C@H](Cc1ccc(OC(=O)N(C)C)cc1)N(C(=O)[C@H]1NC(C)(C)CS1)S(=O)(=O)c1cnn(C)c1. The van der Waals surface area contributed by atoms with Crippen LogP contribution in [0, 0.1) is 0 Å². The van der Waals surface area contributed by atoms with Crippen LogP contribution in [0.2, 0.25) is 0 Å². The second-order valence-electron chi connectivity index (χ2n) is 10.0. The zero-order valence-electron chi connectivity index (χ0n) is 22.9. The van der Waals surface area contributed by atoms with Crippen molar-refractivity contribution in [3.8, 4) is 5.75 Å². The summed E-state index contributed by atoms with van der Waals surface area (Å²) in [6, 6.07) is 4.77. The van der Waals surface area contributed by atoms with Crippen LogP contribution in [0.1, 0.15) is 32.8 Å². The van der Waals surface area contributed by atoms with Gasteiger partial charge in [-0.2, -0.15) is 5.10 Å². The van der Waals surface area contributed by atoms with Crippen molar-refractivity contribution in [3.63, 3.8) is 0 Å². The van der Waals surface area contributed by atoms with Crippen molar-refractivity contribution in [2.45, 2.75) is 55.5 Å². The molecule has 1 fully saturated rings. The van der Waals surface area contributed by atoms with E-state index in [-0.39, 0.29) is 23.7 Å². The number of carbonyl (C=O) groups is 3. The molecule has 39 heavy (non-hydrogen) atoms. The fourth-order valence-electron chi connectivity index (χ4n) is 3.73. The average molecular weight is 582 g/mol. The van der Waals surface area contributed by atoms with E-state index in [1.165, 1.54) is 39.7 Å². The van der Waals surface area contributed by atoms with Gasteiger partial charge in [0.2, 0.25) is 0 Å². The quantitative estimate of drug-likeness (QED) is 0.414. The summed E-state index contributed by atoms with van der Waals surface area (Å²) in [6.07, 6.45) is 2.21. The van der Waals surface area contributed by atoms with Crippen LogP contribution in [0.25, 0.3) is 0 Å². The number of aromatic nitrogens is 2. The maximum atomic E-state index is 13.9. The van der Waals surface area contributed by atoms with Gasteiger partial charge in [-0.25, -0.2) is 22.3 Å². The molecule has 1 aromatic carbocycles. The summed E-state index contributed by atoms with van der Waals surface area (Å²) in [5.41, 5.74) is 0.122. The van der Waals surface area contributed by atoms with Crippen molar-refractivity contribution in [1.29, 1.82) is 0 Å². The number of nitrogens with zero attached hydrogens (tertiary/aromatic N) is 4. The van der Waals surface area contributed by atoms with Crippen molar-refractivity contribution < 1.29 is 32.3 Å². The molecule has 1 saturated heterocycles. The summed E-state index contributed by atoms with van der Waals surface area (Å²) in [7, 11) is 0.153. The second kappa shape index (κ2) is 12.4. The van der Waals surface area contributed by atoms with Gasteiger partial charge in [0.15, 0.2) is 0 Å². The van der Waals surface area contributed by atoms with Crippen molar-refractivity contribution in [3.05, 3.63) is 42.2 Å². The highest BCUT2D eigenvalue weighted by Crippen LogP contribution is 2.31. The van der Waals surface area contributed by atoms with Crippen LogP contribution >= 0.6 is 11.8 Å². The summed E-state index contributed by atoms with van der Waals surface area (Å²) in [5.74, 6) is -0.776. The topological polar surface area (TPSA) is 140 Å². The van der Waals surface area contributed by atoms with E-state index in [0.29, 0.717) is 22.0 Å². The van der Waals surface area contributed by atoms with Crippen molar-refractivity contribution >= 4 is 39.8 Å². The number of benzene rings is 1. The van der Waals surface area contributed by atoms with E-state index >= 15 is 0 Å². The number of hydrogen-bond acceptors (Lipinski definition) is 10. The number of aryl methyl sites for hydroxylation is 1. The Morgan fingerprint density at radius 3 is 2.41 bits per heavy atom. The molecule has 214 valence electrons. The predicted molar refractivity (Wildman–Crippen MR) is 146 cm³/mol. The van der Waals surface area contributed by atoms with Crippen LogP contribution in [0.15, 0.2) is 41.6 Å². The third-order valence-electron chi connectivity index (χ3n) is 5.74. The summed E-state index contributed by atoms with van der Waals surface area (Å²) in [6.45, 7) is 5.69. The second-order valence-corrected chi connectivity index (χ2v) is 12.9. The molecule has 0 saturated carbocycles. The lowest BCUT2D eigenvalue weighted by Crippen LogP contribution is -2.56.